The minimum atomic E-state index is -0.467. The van der Waals surface area contributed by atoms with E-state index in [1.54, 1.807) is 48.5 Å². The third kappa shape index (κ3) is 5.39. The predicted octanol–water partition coefficient (Wildman–Crippen LogP) is 3.17. The van der Waals surface area contributed by atoms with Gasteiger partial charge in [-0.25, -0.2) is 10.2 Å². The van der Waals surface area contributed by atoms with Crippen LogP contribution in [-0.4, -0.2) is 36.9 Å². The van der Waals surface area contributed by atoms with Crippen LogP contribution in [-0.2, 0) is 11.3 Å². The standard InChI is InChI=1S/C21H18ClN3O5S/c1-29-16-8-4-6-14(10-16)19(26)24-23-11-17-18(22)25(21(28)31-17)12-13-5-3-7-15(9-13)20(27)30-2/h3-11H,12H2,1-2H3,(H,24,26). The van der Waals surface area contributed by atoms with Gasteiger partial charge in [-0.05, 0) is 35.9 Å². The van der Waals surface area contributed by atoms with Crippen LogP contribution in [0.3, 0.4) is 0 Å². The highest BCUT2D eigenvalue weighted by Crippen LogP contribution is 2.19. The van der Waals surface area contributed by atoms with E-state index in [1.165, 1.54) is 25.0 Å². The molecule has 160 valence electrons. The molecule has 0 unspecified atom stereocenters. The molecule has 0 bridgehead atoms. The number of nitrogens with one attached hydrogen (secondary N) is 1. The van der Waals surface area contributed by atoms with Crippen molar-refractivity contribution in [1.29, 1.82) is 0 Å². The van der Waals surface area contributed by atoms with Gasteiger partial charge in [-0.1, -0.05) is 41.1 Å². The van der Waals surface area contributed by atoms with Crippen molar-refractivity contribution in [3.05, 3.63) is 84.9 Å². The molecule has 0 aliphatic rings. The number of methoxy groups -OCH3 is 2. The summed E-state index contributed by atoms with van der Waals surface area (Å²) < 4.78 is 11.2. The Morgan fingerprint density at radius 2 is 1.90 bits per heavy atom. The van der Waals surface area contributed by atoms with Gasteiger partial charge in [0.15, 0.2) is 0 Å². The first-order valence-corrected chi connectivity index (χ1v) is 10.2. The van der Waals surface area contributed by atoms with Gasteiger partial charge >= 0.3 is 10.8 Å². The Morgan fingerprint density at radius 1 is 1.16 bits per heavy atom. The molecule has 0 aliphatic heterocycles. The Kier molecular flexibility index (Phi) is 7.22. The van der Waals surface area contributed by atoms with Gasteiger partial charge in [-0.15, -0.1) is 0 Å². The summed E-state index contributed by atoms with van der Waals surface area (Å²) in [6.07, 6.45) is 1.31. The third-order valence-corrected chi connectivity index (χ3v) is 5.66. The van der Waals surface area contributed by atoms with Crippen LogP contribution in [0.1, 0.15) is 31.2 Å². The van der Waals surface area contributed by atoms with E-state index < -0.39 is 11.9 Å². The molecule has 3 rings (SSSR count). The molecular weight excluding hydrogens is 442 g/mol. The molecule has 10 heteroatoms. The van der Waals surface area contributed by atoms with E-state index in [0.29, 0.717) is 27.3 Å². The van der Waals surface area contributed by atoms with Crippen molar-refractivity contribution in [3.8, 4) is 5.75 Å². The molecular formula is C21H18ClN3O5S. The number of esters is 1. The molecule has 3 aromatic rings. The maximum atomic E-state index is 12.4. The first-order valence-electron chi connectivity index (χ1n) is 8.96. The molecule has 8 nitrogen and oxygen atoms in total. The van der Waals surface area contributed by atoms with Crippen LogP contribution >= 0.6 is 22.9 Å². The van der Waals surface area contributed by atoms with Gasteiger partial charge in [0.05, 0.1) is 37.4 Å². The number of aromatic nitrogens is 1. The van der Waals surface area contributed by atoms with E-state index >= 15 is 0 Å². The van der Waals surface area contributed by atoms with Crippen LogP contribution in [0.4, 0.5) is 0 Å². The van der Waals surface area contributed by atoms with Gasteiger partial charge in [-0.3, -0.25) is 14.2 Å². The number of nitrogens with zero attached hydrogens (tertiary/aromatic N) is 2. The fourth-order valence-electron chi connectivity index (χ4n) is 2.69. The summed E-state index contributed by atoms with van der Waals surface area (Å²) in [7, 11) is 2.81. The van der Waals surface area contributed by atoms with Crippen molar-refractivity contribution in [1.82, 2.24) is 9.99 Å². The number of ether oxygens (including phenoxy) is 2. The largest absolute Gasteiger partial charge is 0.497 e. The highest BCUT2D eigenvalue weighted by atomic mass is 35.5. The molecule has 1 aromatic heterocycles. The van der Waals surface area contributed by atoms with Crippen molar-refractivity contribution >= 4 is 41.0 Å². The van der Waals surface area contributed by atoms with Crippen LogP contribution in [0.15, 0.2) is 58.4 Å². The van der Waals surface area contributed by atoms with Crippen molar-refractivity contribution in [2.45, 2.75) is 6.54 Å². The summed E-state index contributed by atoms with van der Waals surface area (Å²) in [6, 6.07) is 13.3. The molecule has 0 saturated heterocycles. The van der Waals surface area contributed by atoms with Crippen molar-refractivity contribution < 1.29 is 19.1 Å². The van der Waals surface area contributed by atoms with Crippen molar-refractivity contribution in [2.75, 3.05) is 14.2 Å². The van der Waals surface area contributed by atoms with Crippen LogP contribution in [0, 0.1) is 0 Å². The summed E-state index contributed by atoms with van der Waals surface area (Å²) >= 11 is 7.23. The van der Waals surface area contributed by atoms with E-state index in [1.807, 2.05) is 0 Å². The van der Waals surface area contributed by atoms with E-state index in [2.05, 4.69) is 10.5 Å². The second-order valence-corrected chi connectivity index (χ2v) is 7.58. The fraction of sp³-hybridized carbons (Fsp3) is 0.143. The van der Waals surface area contributed by atoms with Gasteiger partial charge in [0.1, 0.15) is 10.9 Å². The van der Waals surface area contributed by atoms with Gasteiger partial charge in [0.2, 0.25) is 0 Å². The average molecular weight is 460 g/mol. The maximum absolute atomic E-state index is 12.4. The number of benzene rings is 2. The SMILES string of the molecule is COC(=O)c1cccc(Cn2c(Cl)c(C=NNC(=O)c3cccc(OC)c3)sc2=O)c1. The Hall–Kier alpha value is -3.43. The minimum Gasteiger partial charge on any atom is -0.497 e. The van der Waals surface area contributed by atoms with Gasteiger partial charge in [0, 0.05) is 5.56 Å². The number of carbonyl (C=O) groups excluding carboxylic acids is 2. The highest BCUT2D eigenvalue weighted by Gasteiger charge is 2.14. The van der Waals surface area contributed by atoms with Crippen LogP contribution in [0.25, 0.3) is 0 Å². The lowest BCUT2D eigenvalue weighted by atomic mass is 10.1. The van der Waals surface area contributed by atoms with Gasteiger partial charge in [0.25, 0.3) is 5.91 Å². The number of hydrogen-bond acceptors (Lipinski definition) is 7. The molecule has 1 N–H and O–H groups in total. The van der Waals surface area contributed by atoms with Crippen LogP contribution in [0.2, 0.25) is 5.15 Å². The molecule has 0 radical (unpaired) electrons. The first kappa shape index (κ1) is 22.3. The number of halogens is 1. The van der Waals surface area contributed by atoms with Crippen LogP contribution < -0.4 is 15.0 Å². The number of carbonyl (C=O) groups is 2. The van der Waals surface area contributed by atoms with Crippen molar-refractivity contribution in [3.63, 3.8) is 0 Å². The summed E-state index contributed by atoms with van der Waals surface area (Å²) in [5, 5.41) is 4.07. The zero-order chi connectivity index (χ0) is 22.4. The Balaban J connectivity index is 1.73. The lowest BCUT2D eigenvalue weighted by molar-refractivity contribution is 0.0600. The monoisotopic (exact) mass is 459 g/mol. The molecule has 31 heavy (non-hydrogen) atoms. The molecule has 1 heterocycles. The summed E-state index contributed by atoms with van der Waals surface area (Å²) in [4.78, 5) is 36.4. The smallest absolute Gasteiger partial charge is 0.337 e. The number of hydrazone groups is 1. The molecule has 1 amide bonds. The molecule has 2 aromatic carbocycles. The minimum absolute atomic E-state index is 0.170. The fourth-order valence-corrected chi connectivity index (χ4v) is 3.80. The Morgan fingerprint density at radius 3 is 2.65 bits per heavy atom. The van der Waals surface area contributed by atoms with E-state index in [9.17, 15) is 14.4 Å². The van der Waals surface area contributed by atoms with E-state index in [4.69, 9.17) is 21.1 Å². The van der Waals surface area contributed by atoms with Gasteiger partial charge < -0.3 is 9.47 Å². The third-order valence-electron chi connectivity index (χ3n) is 4.23. The Bertz CT molecular complexity index is 1200. The molecule has 0 fully saturated rings. The zero-order valence-electron chi connectivity index (χ0n) is 16.6. The highest BCUT2D eigenvalue weighted by molar-refractivity contribution is 7.11. The second-order valence-electron chi connectivity index (χ2n) is 6.23. The number of rotatable bonds is 7. The lowest BCUT2D eigenvalue weighted by Crippen LogP contribution is -2.17. The molecule has 0 aliphatic carbocycles. The summed E-state index contributed by atoms with van der Waals surface area (Å²) in [6.45, 7) is 0.170. The maximum Gasteiger partial charge on any atom is 0.337 e. The number of amides is 1. The Labute approximate surface area is 186 Å². The quantitative estimate of drug-likeness (QED) is 0.332. The molecule has 0 atom stereocenters. The predicted molar refractivity (Wildman–Crippen MR) is 119 cm³/mol. The summed E-state index contributed by atoms with van der Waals surface area (Å²) in [5.74, 6) is -0.353. The summed E-state index contributed by atoms with van der Waals surface area (Å²) in [5.41, 5.74) is 3.85. The van der Waals surface area contributed by atoms with Crippen molar-refractivity contribution in [2.24, 2.45) is 5.10 Å². The molecule has 0 spiro atoms. The molecule has 0 saturated carbocycles. The number of thiazole rings is 1. The second kappa shape index (κ2) is 10.1. The lowest BCUT2D eigenvalue weighted by Gasteiger charge is -2.06. The average Bonchev–Trinajstić information content (AvgIpc) is 3.06. The van der Waals surface area contributed by atoms with Crippen LogP contribution in [0.5, 0.6) is 5.75 Å². The normalized spacial score (nSPS) is 10.8. The zero-order valence-corrected chi connectivity index (χ0v) is 18.2. The van der Waals surface area contributed by atoms with E-state index in [0.717, 1.165) is 11.3 Å². The topological polar surface area (TPSA) is 99.0 Å². The van der Waals surface area contributed by atoms with E-state index in [-0.39, 0.29) is 16.6 Å². The first-order chi connectivity index (χ1) is 14.9. The number of hydrogen-bond donors (Lipinski definition) is 1. The van der Waals surface area contributed by atoms with Gasteiger partial charge in [-0.2, -0.15) is 5.10 Å².